The molecule has 2 rings (SSSR count). The lowest BCUT2D eigenvalue weighted by Crippen LogP contribution is -2.48. The predicted molar refractivity (Wildman–Crippen MR) is 76.5 cm³/mol. The van der Waals surface area contributed by atoms with Crippen LogP contribution in [0.1, 0.15) is 45.4 Å². The van der Waals surface area contributed by atoms with Crippen LogP contribution >= 0.6 is 0 Å². The normalized spacial score (nSPS) is 27.2. The number of hydrogen-bond acceptors (Lipinski definition) is 3. The van der Waals surface area contributed by atoms with E-state index in [1.807, 2.05) is 4.90 Å². The summed E-state index contributed by atoms with van der Waals surface area (Å²) in [5, 5.41) is 11.9. The van der Waals surface area contributed by atoms with Gasteiger partial charge < -0.3 is 15.3 Å². The first-order valence-corrected chi connectivity index (χ1v) is 7.76. The van der Waals surface area contributed by atoms with E-state index >= 15 is 0 Å². The minimum Gasteiger partial charge on any atom is -0.481 e. The molecule has 6 nitrogen and oxygen atoms in total. The second kappa shape index (κ2) is 6.91. The molecule has 0 spiro atoms. The van der Waals surface area contributed by atoms with Crippen molar-refractivity contribution in [3.8, 4) is 0 Å². The van der Waals surface area contributed by atoms with Crippen LogP contribution in [0.15, 0.2) is 0 Å². The van der Waals surface area contributed by atoms with Crippen LogP contribution in [-0.2, 0) is 14.4 Å². The number of nitrogens with one attached hydrogen (secondary N) is 1. The summed E-state index contributed by atoms with van der Waals surface area (Å²) in [6.07, 6.45) is 4.18. The second-order valence-electron chi connectivity index (χ2n) is 6.19. The number of carboxylic acids is 1. The number of nitrogens with zero attached hydrogens (tertiary/aromatic N) is 1. The van der Waals surface area contributed by atoms with Gasteiger partial charge in [0.05, 0.1) is 5.92 Å². The van der Waals surface area contributed by atoms with Crippen LogP contribution in [0.25, 0.3) is 0 Å². The van der Waals surface area contributed by atoms with Gasteiger partial charge in [0.2, 0.25) is 11.8 Å². The zero-order chi connectivity index (χ0) is 15.4. The standard InChI is InChI=1S/C15H24N2O4/c1-10(18)16-13-6-8-17(9-7-13)14(19)11-2-4-12(5-3-11)15(20)21/h11-13H,2-9H2,1H3,(H,16,18)(H,20,21). The van der Waals surface area contributed by atoms with Gasteiger partial charge in [0.25, 0.3) is 0 Å². The fraction of sp³-hybridized carbons (Fsp3) is 0.800. The van der Waals surface area contributed by atoms with Gasteiger partial charge >= 0.3 is 5.97 Å². The van der Waals surface area contributed by atoms with E-state index in [-0.39, 0.29) is 29.7 Å². The molecule has 6 heteroatoms. The Morgan fingerprint density at radius 1 is 0.952 bits per heavy atom. The average Bonchev–Trinajstić information content (AvgIpc) is 2.47. The van der Waals surface area contributed by atoms with Gasteiger partial charge in [-0.2, -0.15) is 0 Å². The van der Waals surface area contributed by atoms with Crippen LogP contribution in [0.3, 0.4) is 0 Å². The van der Waals surface area contributed by atoms with Gasteiger partial charge in [-0.15, -0.1) is 0 Å². The van der Waals surface area contributed by atoms with Gasteiger partial charge in [0, 0.05) is 32.0 Å². The quantitative estimate of drug-likeness (QED) is 0.813. The van der Waals surface area contributed by atoms with E-state index in [4.69, 9.17) is 5.11 Å². The van der Waals surface area contributed by atoms with Crippen molar-refractivity contribution in [3.63, 3.8) is 0 Å². The Kier molecular flexibility index (Phi) is 5.20. The number of rotatable bonds is 3. The summed E-state index contributed by atoms with van der Waals surface area (Å²) in [4.78, 5) is 36.3. The molecule has 118 valence electrons. The van der Waals surface area contributed by atoms with E-state index in [0.29, 0.717) is 38.8 Å². The van der Waals surface area contributed by atoms with E-state index in [1.165, 1.54) is 6.92 Å². The molecule has 0 aromatic rings. The second-order valence-corrected chi connectivity index (χ2v) is 6.19. The van der Waals surface area contributed by atoms with Gasteiger partial charge in [-0.1, -0.05) is 0 Å². The molecule has 21 heavy (non-hydrogen) atoms. The van der Waals surface area contributed by atoms with Crippen molar-refractivity contribution in [2.45, 2.75) is 51.5 Å². The van der Waals surface area contributed by atoms with Gasteiger partial charge in [-0.25, -0.2) is 0 Å². The van der Waals surface area contributed by atoms with Crippen molar-refractivity contribution in [2.24, 2.45) is 11.8 Å². The Labute approximate surface area is 124 Å². The molecule has 0 unspecified atom stereocenters. The first-order chi connectivity index (χ1) is 9.97. The fourth-order valence-corrected chi connectivity index (χ4v) is 3.38. The summed E-state index contributed by atoms with van der Waals surface area (Å²) in [6.45, 7) is 2.88. The maximum atomic E-state index is 12.4. The predicted octanol–water partition coefficient (Wildman–Crippen LogP) is 1.00. The maximum Gasteiger partial charge on any atom is 0.306 e. The minimum atomic E-state index is -0.739. The summed E-state index contributed by atoms with van der Waals surface area (Å²) < 4.78 is 0. The average molecular weight is 296 g/mol. The van der Waals surface area contributed by atoms with E-state index in [1.54, 1.807) is 0 Å². The van der Waals surface area contributed by atoms with Crippen molar-refractivity contribution in [1.29, 1.82) is 0 Å². The number of amides is 2. The highest BCUT2D eigenvalue weighted by molar-refractivity contribution is 5.79. The molecule has 0 aromatic carbocycles. The van der Waals surface area contributed by atoms with Crippen LogP contribution in [-0.4, -0.2) is 46.9 Å². The van der Waals surface area contributed by atoms with Gasteiger partial charge in [-0.3, -0.25) is 14.4 Å². The molecule has 0 bridgehead atoms. The molecule has 0 atom stereocenters. The number of hydrogen-bond donors (Lipinski definition) is 2. The molecule has 1 aliphatic heterocycles. The minimum absolute atomic E-state index is 0.0158. The third-order valence-corrected chi connectivity index (χ3v) is 4.64. The molecule has 1 saturated heterocycles. The Balaban J connectivity index is 1.77. The third kappa shape index (κ3) is 4.19. The summed E-state index contributed by atoms with van der Waals surface area (Å²) in [5.41, 5.74) is 0. The fourth-order valence-electron chi connectivity index (χ4n) is 3.38. The SMILES string of the molecule is CC(=O)NC1CCN(C(=O)C2CCC(C(=O)O)CC2)CC1. The Hall–Kier alpha value is -1.59. The molecule has 1 aliphatic carbocycles. The van der Waals surface area contributed by atoms with Crippen molar-refractivity contribution in [2.75, 3.05) is 13.1 Å². The molecular weight excluding hydrogens is 272 g/mol. The van der Waals surface area contributed by atoms with Crippen molar-refractivity contribution >= 4 is 17.8 Å². The number of carbonyl (C=O) groups is 3. The lowest BCUT2D eigenvalue weighted by Gasteiger charge is -2.36. The highest BCUT2D eigenvalue weighted by Crippen LogP contribution is 2.30. The topological polar surface area (TPSA) is 86.7 Å². The Morgan fingerprint density at radius 3 is 1.95 bits per heavy atom. The van der Waals surface area contributed by atoms with Gasteiger partial charge in [0.15, 0.2) is 0 Å². The van der Waals surface area contributed by atoms with Gasteiger partial charge in [0.1, 0.15) is 0 Å². The third-order valence-electron chi connectivity index (χ3n) is 4.64. The zero-order valence-electron chi connectivity index (χ0n) is 12.5. The van der Waals surface area contributed by atoms with Crippen LogP contribution in [0.5, 0.6) is 0 Å². The van der Waals surface area contributed by atoms with Crippen LogP contribution in [0, 0.1) is 11.8 Å². The largest absolute Gasteiger partial charge is 0.481 e. The first-order valence-electron chi connectivity index (χ1n) is 7.76. The molecule has 2 amide bonds. The smallest absolute Gasteiger partial charge is 0.306 e. The lowest BCUT2D eigenvalue weighted by atomic mass is 9.81. The monoisotopic (exact) mass is 296 g/mol. The lowest BCUT2D eigenvalue weighted by molar-refractivity contribution is -0.146. The number of likely N-dealkylation sites (tertiary alicyclic amines) is 1. The number of carboxylic acid groups (broad SMARTS) is 1. The van der Waals surface area contributed by atoms with Crippen LogP contribution in [0.2, 0.25) is 0 Å². The first kappa shape index (κ1) is 15.8. The van der Waals surface area contributed by atoms with Gasteiger partial charge in [-0.05, 0) is 38.5 Å². The molecule has 0 radical (unpaired) electrons. The zero-order valence-corrected chi connectivity index (χ0v) is 12.5. The molecule has 2 fully saturated rings. The molecule has 1 saturated carbocycles. The Morgan fingerprint density at radius 2 is 1.48 bits per heavy atom. The van der Waals surface area contributed by atoms with Crippen molar-refractivity contribution in [3.05, 3.63) is 0 Å². The molecule has 1 heterocycles. The molecule has 0 aromatic heterocycles. The van der Waals surface area contributed by atoms with Crippen molar-refractivity contribution < 1.29 is 19.5 Å². The molecule has 2 N–H and O–H groups in total. The number of piperidine rings is 1. The summed E-state index contributed by atoms with van der Waals surface area (Å²) in [5.74, 6) is -0.888. The summed E-state index contributed by atoms with van der Waals surface area (Å²) in [7, 11) is 0. The van der Waals surface area contributed by atoms with Crippen LogP contribution in [0.4, 0.5) is 0 Å². The molecule has 2 aliphatic rings. The Bertz CT molecular complexity index is 408. The van der Waals surface area contributed by atoms with E-state index in [9.17, 15) is 14.4 Å². The maximum absolute atomic E-state index is 12.4. The highest BCUT2D eigenvalue weighted by Gasteiger charge is 2.33. The van der Waals surface area contributed by atoms with E-state index < -0.39 is 5.97 Å². The number of aliphatic carboxylic acids is 1. The van der Waals surface area contributed by atoms with E-state index in [0.717, 1.165) is 12.8 Å². The molecular formula is C15H24N2O4. The van der Waals surface area contributed by atoms with Crippen LogP contribution < -0.4 is 5.32 Å². The number of carbonyl (C=O) groups excluding carboxylic acids is 2. The summed E-state index contributed by atoms with van der Waals surface area (Å²) >= 11 is 0. The highest BCUT2D eigenvalue weighted by atomic mass is 16.4. The summed E-state index contributed by atoms with van der Waals surface area (Å²) in [6, 6.07) is 0.175. The van der Waals surface area contributed by atoms with Crippen molar-refractivity contribution in [1.82, 2.24) is 10.2 Å². The van der Waals surface area contributed by atoms with E-state index in [2.05, 4.69) is 5.32 Å².